The van der Waals surface area contributed by atoms with Gasteiger partial charge in [0.2, 0.25) is 5.92 Å². The highest BCUT2D eigenvalue weighted by molar-refractivity contribution is 6.17. The quantitative estimate of drug-likeness (QED) is 0.575. The van der Waals surface area contributed by atoms with Gasteiger partial charge in [0, 0.05) is 18.8 Å². The molecular formula is C19H20F2O6. The van der Waals surface area contributed by atoms with Crippen LogP contribution in [0.4, 0.5) is 8.78 Å². The first-order chi connectivity index (χ1) is 12.6. The monoisotopic (exact) mass is 382 g/mol. The molecule has 8 heteroatoms. The Bertz CT molecular complexity index is 731. The molecule has 0 bridgehead atoms. The number of carbonyl (C=O) groups is 4. The number of ether oxygens (including phenoxy) is 1. The molecular weight excluding hydrogens is 362 g/mol. The van der Waals surface area contributed by atoms with Crippen molar-refractivity contribution in [3.8, 4) is 0 Å². The predicted octanol–water partition coefficient (Wildman–Crippen LogP) is 2.64. The van der Waals surface area contributed by atoms with E-state index in [4.69, 9.17) is 4.74 Å². The number of hydrogen-bond acceptors (Lipinski definition) is 5. The Labute approximate surface area is 154 Å². The van der Waals surface area contributed by atoms with Crippen molar-refractivity contribution in [2.75, 3.05) is 0 Å². The van der Waals surface area contributed by atoms with Gasteiger partial charge in [-0.15, -0.1) is 0 Å². The molecule has 0 aliphatic heterocycles. The third-order valence-corrected chi connectivity index (χ3v) is 4.66. The number of ketones is 2. The minimum absolute atomic E-state index is 0.165. The summed E-state index contributed by atoms with van der Waals surface area (Å²) < 4.78 is 32.1. The molecule has 0 radical (unpaired) electrons. The zero-order valence-corrected chi connectivity index (χ0v) is 14.7. The van der Waals surface area contributed by atoms with Crippen molar-refractivity contribution in [3.05, 3.63) is 35.9 Å². The van der Waals surface area contributed by atoms with E-state index in [1.54, 1.807) is 30.3 Å². The number of carbonyl (C=O) groups excluding carboxylic acids is 3. The number of hydrogen-bond donors (Lipinski definition) is 1. The third kappa shape index (κ3) is 5.18. The number of aliphatic carboxylic acids is 1. The second kappa shape index (κ2) is 8.37. The summed E-state index contributed by atoms with van der Waals surface area (Å²) in [7, 11) is 0. The normalized spacial score (nSPS) is 22.5. The average molecular weight is 382 g/mol. The van der Waals surface area contributed by atoms with Crippen molar-refractivity contribution in [2.24, 2.45) is 17.8 Å². The van der Waals surface area contributed by atoms with Gasteiger partial charge in [-0.2, -0.15) is 0 Å². The van der Waals surface area contributed by atoms with E-state index in [1.165, 1.54) is 0 Å². The lowest BCUT2D eigenvalue weighted by Gasteiger charge is -2.33. The number of esters is 1. The average Bonchev–Trinajstić information content (AvgIpc) is 2.59. The molecule has 1 aliphatic rings. The standard InChI is InChI=1S/C19H20F2O6/c1-11(22)15(18(26)27-10-12-5-3-2-4-6-12)16(23)13-7-8-19(20,21)9-14(13)17(24)25/h2-6,13-15H,7-10H2,1H3,(H,24,25). The number of carboxylic acids is 1. The van der Waals surface area contributed by atoms with Crippen LogP contribution in [0, 0.1) is 17.8 Å². The summed E-state index contributed by atoms with van der Waals surface area (Å²) in [4.78, 5) is 48.2. The van der Waals surface area contributed by atoms with Gasteiger partial charge in [0.05, 0.1) is 5.92 Å². The molecule has 0 amide bonds. The minimum Gasteiger partial charge on any atom is -0.481 e. The summed E-state index contributed by atoms with van der Waals surface area (Å²) in [6.07, 6.45) is -2.07. The Hall–Kier alpha value is -2.64. The highest BCUT2D eigenvalue weighted by atomic mass is 19.3. The molecule has 3 unspecified atom stereocenters. The number of halogens is 2. The van der Waals surface area contributed by atoms with Gasteiger partial charge in [-0.3, -0.25) is 19.2 Å². The first kappa shape index (κ1) is 20.7. The zero-order valence-electron chi connectivity index (χ0n) is 14.7. The molecule has 1 fully saturated rings. The molecule has 0 aromatic heterocycles. The molecule has 1 N–H and O–H groups in total. The maximum Gasteiger partial charge on any atom is 0.324 e. The molecule has 0 saturated heterocycles. The zero-order chi connectivity index (χ0) is 20.2. The largest absolute Gasteiger partial charge is 0.481 e. The molecule has 6 nitrogen and oxygen atoms in total. The first-order valence-corrected chi connectivity index (χ1v) is 8.48. The van der Waals surface area contributed by atoms with Gasteiger partial charge >= 0.3 is 11.9 Å². The lowest BCUT2D eigenvalue weighted by molar-refractivity contribution is -0.164. The Morgan fingerprint density at radius 2 is 1.81 bits per heavy atom. The van der Waals surface area contributed by atoms with Crippen LogP contribution in [0.5, 0.6) is 0 Å². The fraction of sp³-hybridized carbons (Fsp3) is 0.474. The van der Waals surface area contributed by atoms with Crippen molar-refractivity contribution in [2.45, 2.75) is 38.7 Å². The Balaban J connectivity index is 2.14. The fourth-order valence-corrected chi connectivity index (χ4v) is 3.24. The van der Waals surface area contributed by atoms with E-state index >= 15 is 0 Å². The van der Waals surface area contributed by atoms with Crippen LogP contribution in [0.15, 0.2) is 30.3 Å². The van der Waals surface area contributed by atoms with Gasteiger partial charge in [0.25, 0.3) is 0 Å². The number of benzene rings is 1. The summed E-state index contributed by atoms with van der Waals surface area (Å²) in [5.41, 5.74) is 0.640. The maximum absolute atomic E-state index is 13.5. The summed E-state index contributed by atoms with van der Waals surface area (Å²) in [5, 5.41) is 9.21. The van der Waals surface area contributed by atoms with Crippen molar-refractivity contribution >= 4 is 23.5 Å². The molecule has 27 heavy (non-hydrogen) atoms. The van der Waals surface area contributed by atoms with Crippen LogP contribution >= 0.6 is 0 Å². The van der Waals surface area contributed by atoms with Gasteiger partial charge in [-0.05, 0) is 18.9 Å². The molecule has 2 rings (SSSR count). The van der Waals surface area contributed by atoms with Crippen molar-refractivity contribution in [3.63, 3.8) is 0 Å². The van der Waals surface area contributed by atoms with Crippen LogP contribution in [-0.2, 0) is 30.5 Å². The summed E-state index contributed by atoms with van der Waals surface area (Å²) in [6, 6.07) is 8.56. The van der Waals surface area contributed by atoms with Crippen LogP contribution < -0.4 is 0 Å². The molecule has 0 spiro atoms. The van der Waals surface area contributed by atoms with Crippen molar-refractivity contribution in [1.82, 2.24) is 0 Å². The third-order valence-electron chi connectivity index (χ3n) is 4.66. The molecule has 3 atom stereocenters. The van der Waals surface area contributed by atoms with E-state index < -0.39 is 66.4 Å². The van der Waals surface area contributed by atoms with Crippen LogP contribution in [0.3, 0.4) is 0 Å². The fourth-order valence-electron chi connectivity index (χ4n) is 3.24. The van der Waals surface area contributed by atoms with Gasteiger partial charge in [0.15, 0.2) is 17.5 Å². The van der Waals surface area contributed by atoms with Crippen LogP contribution in [0.25, 0.3) is 0 Å². The highest BCUT2D eigenvalue weighted by Crippen LogP contribution is 2.41. The first-order valence-electron chi connectivity index (χ1n) is 8.48. The van der Waals surface area contributed by atoms with E-state index in [1.807, 2.05) is 0 Å². The summed E-state index contributed by atoms with van der Waals surface area (Å²) in [5.74, 6) is -12.4. The number of alkyl halides is 2. The van der Waals surface area contributed by atoms with Crippen LogP contribution in [0.2, 0.25) is 0 Å². The van der Waals surface area contributed by atoms with Crippen molar-refractivity contribution in [1.29, 1.82) is 0 Å². The Morgan fingerprint density at radius 1 is 1.19 bits per heavy atom. The molecule has 1 saturated carbocycles. The lowest BCUT2D eigenvalue weighted by Crippen LogP contribution is -2.45. The lowest BCUT2D eigenvalue weighted by atomic mass is 9.72. The number of carboxylic acid groups (broad SMARTS) is 1. The van der Waals surface area contributed by atoms with Gasteiger partial charge in [0.1, 0.15) is 6.61 Å². The van der Waals surface area contributed by atoms with E-state index in [0.717, 1.165) is 6.92 Å². The van der Waals surface area contributed by atoms with Crippen LogP contribution in [-0.4, -0.2) is 34.5 Å². The minimum atomic E-state index is -3.20. The Morgan fingerprint density at radius 3 is 2.37 bits per heavy atom. The number of Topliss-reactive ketones (excluding diaryl/α,β-unsaturated/α-hetero) is 2. The van der Waals surface area contributed by atoms with Crippen molar-refractivity contribution < 1.29 is 37.8 Å². The molecule has 0 heterocycles. The highest BCUT2D eigenvalue weighted by Gasteiger charge is 2.50. The molecule has 1 aromatic carbocycles. The van der Waals surface area contributed by atoms with E-state index in [-0.39, 0.29) is 6.61 Å². The molecule has 146 valence electrons. The Kier molecular flexibility index (Phi) is 6.41. The van der Waals surface area contributed by atoms with E-state index in [9.17, 15) is 33.1 Å². The van der Waals surface area contributed by atoms with Gasteiger partial charge in [-0.25, -0.2) is 8.78 Å². The smallest absolute Gasteiger partial charge is 0.324 e. The second-order valence-electron chi connectivity index (χ2n) is 6.69. The SMILES string of the molecule is CC(=O)C(C(=O)OCc1ccccc1)C(=O)C1CCC(F)(F)CC1C(=O)O. The van der Waals surface area contributed by atoms with Gasteiger partial charge < -0.3 is 9.84 Å². The molecule has 1 aliphatic carbocycles. The summed E-state index contributed by atoms with van der Waals surface area (Å²) in [6.45, 7) is 0.849. The number of rotatable bonds is 7. The van der Waals surface area contributed by atoms with Gasteiger partial charge in [-0.1, -0.05) is 30.3 Å². The van der Waals surface area contributed by atoms with E-state index in [2.05, 4.69) is 0 Å². The second-order valence-corrected chi connectivity index (χ2v) is 6.69. The topological polar surface area (TPSA) is 97.7 Å². The maximum atomic E-state index is 13.5. The predicted molar refractivity (Wildman–Crippen MR) is 88.8 cm³/mol. The van der Waals surface area contributed by atoms with E-state index in [0.29, 0.717) is 5.56 Å². The summed E-state index contributed by atoms with van der Waals surface area (Å²) >= 11 is 0. The molecule has 1 aromatic rings. The van der Waals surface area contributed by atoms with Crippen LogP contribution in [0.1, 0.15) is 31.7 Å².